The number of hydrogen-bond donors (Lipinski definition) is 3. The zero-order valence-electron chi connectivity index (χ0n) is 10.3. The molecule has 2 aromatic carbocycles. The number of halogens is 1. The molecule has 0 saturated heterocycles. The van der Waals surface area contributed by atoms with E-state index in [0.717, 1.165) is 5.56 Å². The number of hydrogen-bond acceptors (Lipinski definition) is 3. The topological polar surface area (TPSA) is 75.3 Å². The molecule has 2 aromatic rings. The van der Waals surface area contributed by atoms with Gasteiger partial charge >= 0.3 is 0 Å². The SMILES string of the molecule is Cc1ccc(NC(=O)c2cc(Br)ccc2O)c(N)c1. The van der Waals surface area contributed by atoms with E-state index in [0.29, 0.717) is 15.8 Å². The summed E-state index contributed by atoms with van der Waals surface area (Å²) in [6.07, 6.45) is 0. The highest BCUT2D eigenvalue weighted by atomic mass is 79.9. The number of anilines is 2. The van der Waals surface area contributed by atoms with Crippen molar-refractivity contribution in [1.29, 1.82) is 0 Å². The van der Waals surface area contributed by atoms with Gasteiger partial charge in [0.05, 0.1) is 16.9 Å². The fourth-order valence-corrected chi connectivity index (χ4v) is 2.04. The van der Waals surface area contributed by atoms with Crippen molar-refractivity contribution in [2.24, 2.45) is 0 Å². The zero-order chi connectivity index (χ0) is 14.0. The molecule has 0 aromatic heterocycles. The molecule has 1 amide bonds. The molecular formula is C14H13BrN2O2. The Hall–Kier alpha value is -2.01. The van der Waals surface area contributed by atoms with Crippen LogP contribution in [-0.4, -0.2) is 11.0 Å². The molecule has 4 nitrogen and oxygen atoms in total. The molecule has 0 aliphatic rings. The zero-order valence-corrected chi connectivity index (χ0v) is 11.9. The Kier molecular flexibility index (Phi) is 3.76. The Morgan fingerprint density at radius 2 is 2.00 bits per heavy atom. The number of nitrogens with one attached hydrogen (secondary N) is 1. The van der Waals surface area contributed by atoms with Crippen LogP contribution in [0.1, 0.15) is 15.9 Å². The molecule has 0 fully saturated rings. The van der Waals surface area contributed by atoms with Crippen molar-refractivity contribution < 1.29 is 9.90 Å². The minimum absolute atomic E-state index is 0.0774. The number of aromatic hydroxyl groups is 1. The number of phenolic OH excluding ortho intramolecular Hbond substituents is 1. The Labute approximate surface area is 119 Å². The molecule has 0 aliphatic carbocycles. The third-order valence-electron chi connectivity index (χ3n) is 2.66. The van der Waals surface area contributed by atoms with Crippen molar-refractivity contribution in [3.05, 3.63) is 52.0 Å². The van der Waals surface area contributed by atoms with Gasteiger partial charge in [-0.1, -0.05) is 22.0 Å². The molecule has 0 atom stereocenters. The van der Waals surface area contributed by atoms with Crippen molar-refractivity contribution >= 4 is 33.2 Å². The van der Waals surface area contributed by atoms with E-state index in [1.54, 1.807) is 24.3 Å². The lowest BCUT2D eigenvalue weighted by molar-refractivity contribution is 0.102. The predicted molar refractivity (Wildman–Crippen MR) is 79.4 cm³/mol. The predicted octanol–water partition coefficient (Wildman–Crippen LogP) is 3.30. The van der Waals surface area contributed by atoms with Gasteiger partial charge in [-0.2, -0.15) is 0 Å². The number of nitrogen functional groups attached to an aromatic ring is 1. The minimum atomic E-state index is -0.408. The van der Waals surface area contributed by atoms with E-state index in [9.17, 15) is 9.90 Å². The highest BCUT2D eigenvalue weighted by Crippen LogP contribution is 2.25. The molecule has 4 N–H and O–H groups in total. The van der Waals surface area contributed by atoms with Crippen LogP contribution < -0.4 is 11.1 Å². The van der Waals surface area contributed by atoms with Crippen LogP contribution in [0.4, 0.5) is 11.4 Å². The molecule has 0 saturated carbocycles. The van der Waals surface area contributed by atoms with Crippen LogP contribution in [0.3, 0.4) is 0 Å². The summed E-state index contributed by atoms with van der Waals surface area (Å²) in [5.74, 6) is -0.485. The lowest BCUT2D eigenvalue weighted by Crippen LogP contribution is -2.13. The van der Waals surface area contributed by atoms with Crippen molar-refractivity contribution in [3.63, 3.8) is 0 Å². The summed E-state index contributed by atoms with van der Waals surface area (Å²) in [5.41, 5.74) is 8.04. The van der Waals surface area contributed by atoms with E-state index in [1.807, 2.05) is 13.0 Å². The van der Waals surface area contributed by atoms with Crippen molar-refractivity contribution in [3.8, 4) is 5.75 Å². The van der Waals surface area contributed by atoms with E-state index in [-0.39, 0.29) is 11.3 Å². The van der Waals surface area contributed by atoms with Gasteiger partial charge in [0.25, 0.3) is 5.91 Å². The van der Waals surface area contributed by atoms with Crippen molar-refractivity contribution in [1.82, 2.24) is 0 Å². The van der Waals surface area contributed by atoms with Crippen LogP contribution >= 0.6 is 15.9 Å². The lowest BCUT2D eigenvalue weighted by atomic mass is 10.1. The van der Waals surface area contributed by atoms with Crippen LogP contribution in [0.5, 0.6) is 5.75 Å². The number of phenols is 1. The maximum atomic E-state index is 12.1. The van der Waals surface area contributed by atoms with Gasteiger partial charge in [-0.25, -0.2) is 0 Å². The smallest absolute Gasteiger partial charge is 0.259 e. The second-order valence-electron chi connectivity index (χ2n) is 4.21. The normalized spacial score (nSPS) is 10.2. The number of aryl methyl sites for hydroxylation is 1. The first-order chi connectivity index (χ1) is 8.97. The summed E-state index contributed by atoms with van der Waals surface area (Å²) in [6, 6.07) is 10.0. The van der Waals surface area contributed by atoms with Crippen molar-refractivity contribution in [2.45, 2.75) is 6.92 Å². The van der Waals surface area contributed by atoms with E-state index < -0.39 is 5.91 Å². The van der Waals surface area contributed by atoms with Gasteiger partial charge in [0, 0.05) is 4.47 Å². The average Bonchev–Trinajstić information content (AvgIpc) is 2.35. The summed E-state index contributed by atoms with van der Waals surface area (Å²) in [6.45, 7) is 1.92. The van der Waals surface area contributed by atoms with E-state index in [4.69, 9.17) is 5.73 Å². The van der Waals surface area contributed by atoms with Gasteiger partial charge in [-0.3, -0.25) is 4.79 Å². The lowest BCUT2D eigenvalue weighted by Gasteiger charge is -2.10. The summed E-state index contributed by atoms with van der Waals surface area (Å²) < 4.78 is 0.715. The molecule has 0 radical (unpaired) electrons. The Morgan fingerprint density at radius 3 is 2.68 bits per heavy atom. The Balaban J connectivity index is 2.28. The van der Waals surface area contributed by atoms with Crippen LogP contribution in [0.2, 0.25) is 0 Å². The monoisotopic (exact) mass is 320 g/mol. The van der Waals surface area contributed by atoms with Gasteiger partial charge < -0.3 is 16.2 Å². The first kappa shape index (κ1) is 13.4. The number of rotatable bonds is 2. The maximum absolute atomic E-state index is 12.1. The molecule has 0 bridgehead atoms. The molecule has 0 aliphatic heterocycles. The molecule has 0 unspecified atom stereocenters. The van der Waals surface area contributed by atoms with Gasteiger partial charge in [-0.05, 0) is 42.8 Å². The van der Waals surface area contributed by atoms with E-state index >= 15 is 0 Å². The van der Waals surface area contributed by atoms with Crippen LogP contribution in [-0.2, 0) is 0 Å². The minimum Gasteiger partial charge on any atom is -0.507 e. The van der Waals surface area contributed by atoms with E-state index in [2.05, 4.69) is 21.2 Å². The summed E-state index contributed by atoms with van der Waals surface area (Å²) in [7, 11) is 0. The summed E-state index contributed by atoms with van der Waals surface area (Å²) in [5, 5.41) is 12.4. The standard InChI is InChI=1S/C14H13BrN2O2/c1-8-2-4-12(11(16)6-8)17-14(19)10-7-9(15)3-5-13(10)18/h2-7,18H,16H2,1H3,(H,17,19). The van der Waals surface area contributed by atoms with Crippen LogP contribution in [0.25, 0.3) is 0 Å². The molecule has 5 heteroatoms. The number of carbonyl (C=O) groups is 1. The molecule has 98 valence electrons. The largest absolute Gasteiger partial charge is 0.507 e. The van der Waals surface area contributed by atoms with Crippen LogP contribution in [0, 0.1) is 6.92 Å². The molecular weight excluding hydrogens is 308 g/mol. The maximum Gasteiger partial charge on any atom is 0.259 e. The van der Waals surface area contributed by atoms with Gasteiger partial charge in [0.1, 0.15) is 5.75 Å². The molecule has 0 heterocycles. The van der Waals surface area contributed by atoms with E-state index in [1.165, 1.54) is 6.07 Å². The van der Waals surface area contributed by atoms with Gasteiger partial charge in [0.2, 0.25) is 0 Å². The number of nitrogens with two attached hydrogens (primary N) is 1. The number of benzene rings is 2. The number of amides is 1. The van der Waals surface area contributed by atoms with Crippen molar-refractivity contribution in [2.75, 3.05) is 11.1 Å². The van der Waals surface area contributed by atoms with Gasteiger partial charge in [0.15, 0.2) is 0 Å². The Bertz CT molecular complexity index is 641. The fourth-order valence-electron chi connectivity index (χ4n) is 1.68. The molecule has 0 spiro atoms. The van der Waals surface area contributed by atoms with Crippen LogP contribution in [0.15, 0.2) is 40.9 Å². The molecule has 19 heavy (non-hydrogen) atoms. The molecule has 2 rings (SSSR count). The average molecular weight is 321 g/mol. The Morgan fingerprint density at radius 1 is 1.26 bits per heavy atom. The third-order valence-corrected chi connectivity index (χ3v) is 3.15. The first-order valence-electron chi connectivity index (χ1n) is 5.63. The quantitative estimate of drug-likeness (QED) is 0.743. The highest BCUT2D eigenvalue weighted by molar-refractivity contribution is 9.10. The second kappa shape index (κ2) is 5.32. The van der Waals surface area contributed by atoms with Gasteiger partial charge in [-0.15, -0.1) is 0 Å². The first-order valence-corrected chi connectivity index (χ1v) is 6.42. The second-order valence-corrected chi connectivity index (χ2v) is 5.12. The highest BCUT2D eigenvalue weighted by Gasteiger charge is 2.13. The number of carbonyl (C=O) groups excluding carboxylic acids is 1. The summed E-state index contributed by atoms with van der Waals surface area (Å²) >= 11 is 3.26. The fraction of sp³-hybridized carbons (Fsp3) is 0.0714. The third kappa shape index (κ3) is 3.06. The summed E-state index contributed by atoms with van der Waals surface area (Å²) in [4.78, 5) is 12.1.